The highest BCUT2D eigenvalue weighted by atomic mass is 16.4. The van der Waals surface area contributed by atoms with Crippen LogP contribution in [0.15, 0.2) is 0 Å². The van der Waals surface area contributed by atoms with Gasteiger partial charge in [-0.3, -0.25) is 4.79 Å². The summed E-state index contributed by atoms with van der Waals surface area (Å²) in [6.07, 6.45) is 24.0. The number of unbranched alkanes of at least 4 members (excludes halogenated alkanes) is 16. The van der Waals surface area contributed by atoms with E-state index in [9.17, 15) is 4.79 Å². The molecule has 0 radical (unpaired) electrons. The van der Waals surface area contributed by atoms with E-state index < -0.39 is 5.97 Å². The number of aliphatic carboxylic acids is 1. The van der Waals surface area contributed by atoms with Gasteiger partial charge in [0.15, 0.2) is 0 Å². The fourth-order valence-corrected chi connectivity index (χ4v) is 3.04. The zero-order chi connectivity index (χ0) is 19.7. The molecule has 0 aliphatic carbocycles. The van der Waals surface area contributed by atoms with Gasteiger partial charge in [0.05, 0.1) is 0 Å². The Labute approximate surface area is 164 Å². The molecular weight excluding hydrogens is 322 g/mol. The van der Waals surface area contributed by atoms with Crippen molar-refractivity contribution in [1.29, 1.82) is 0 Å². The normalized spacial score (nSPS) is 10.4. The average molecular weight is 372 g/mol. The fraction of sp³-hybridized carbons (Fsp3) is 0.957. The van der Waals surface area contributed by atoms with Gasteiger partial charge in [0.1, 0.15) is 0 Å². The van der Waals surface area contributed by atoms with Crippen molar-refractivity contribution in [1.82, 2.24) is 0 Å². The molecule has 3 heteroatoms. The number of hydrogen-bond donors (Lipinski definition) is 2. The van der Waals surface area contributed by atoms with Crippen molar-refractivity contribution in [3.05, 3.63) is 0 Å². The minimum atomic E-state index is -0.653. The second kappa shape index (κ2) is 26.7. The number of carbonyl (C=O) groups is 1. The summed E-state index contributed by atoms with van der Waals surface area (Å²) in [6.45, 7) is 5.30. The standard InChI is InChI=1S/C18H36O2.C5H13N/c1-2-3-4-5-6-7-8-9-10-11-12-13-14-15-16-17-18(19)20;1-2-3-4-5-6/h2-17H2,1H3,(H,19,20);2-6H2,1H3. The SMILES string of the molecule is CCCCCCCCCCCCCCCCCC(=O)O.CCCCCN. The predicted molar refractivity (Wildman–Crippen MR) is 116 cm³/mol. The van der Waals surface area contributed by atoms with Crippen LogP contribution in [0.3, 0.4) is 0 Å². The Morgan fingerprint density at radius 3 is 1.15 bits per heavy atom. The summed E-state index contributed by atoms with van der Waals surface area (Å²) in [4.78, 5) is 10.3. The van der Waals surface area contributed by atoms with E-state index >= 15 is 0 Å². The van der Waals surface area contributed by atoms with Gasteiger partial charge < -0.3 is 10.8 Å². The minimum absolute atomic E-state index is 0.345. The van der Waals surface area contributed by atoms with Crippen molar-refractivity contribution in [2.24, 2.45) is 5.73 Å². The van der Waals surface area contributed by atoms with Gasteiger partial charge in [0.25, 0.3) is 0 Å². The lowest BCUT2D eigenvalue weighted by molar-refractivity contribution is -0.137. The van der Waals surface area contributed by atoms with Gasteiger partial charge in [0, 0.05) is 6.42 Å². The third-order valence-electron chi connectivity index (χ3n) is 4.80. The van der Waals surface area contributed by atoms with E-state index in [0.717, 1.165) is 19.4 Å². The topological polar surface area (TPSA) is 63.3 Å². The smallest absolute Gasteiger partial charge is 0.303 e. The van der Waals surface area contributed by atoms with E-state index in [4.69, 9.17) is 10.8 Å². The molecule has 0 aliphatic rings. The molecule has 158 valence electrons. The van der Waals surface area contributed by atoms with E-state index in [0.29, 0.717) is 6.42 Å². The van der Waals surface area contributed by atoms with Crippen molar-refractivity contribution in [3.63, 3.8) is 0 Å². The van der Waals surface area contributed by atoms with Crippen LogP contribution in [0.4, 0.5) is 0 Å². The number of rotatable bonds is 19. The van der Waals surface area contributed by atoms with Gasteiger partial charge >= 0.3 is 5.97 Å². The van der Waals surface area contributed by atoms with Crippen LogP contribution in [-0.2, 0) is 4.79 Å². The van der Waals surface area contributed by atoms with Crippen molar-refractivity contribution in [3.8, 4) is 0 Å². The maximum Gasteiger partial charge on any atom is 0.303 e. The maximum atomic E-state index is 10.3. The van der Waals surface area contributed by atoms with E-state index in [1.54, 1.807) is 0 Å². The highest BCUT2D eigenvalue weighted by molar-refractivity contribution is 5.66. The van der Waals surface area contributed by atoms with Crippen LogP contribution in [0, 0.1) is 0 Å². The molecule has 0 unspecified atom stereocenters. The molecule has 0 fully saturated rings. The zero-order valence-electron chi connectivity index (χ0n) is 18.1. The van der Waals surface area contributed by atoms with Crippen LogP contribution in [0.1, 0.15) is 136 Å². The van der Waals surface area contributed by atoms with Crippen molar-refractivity contribution < 1.29 is 9.90 Å². The molecular formula is C23H49NO2. The third kappa shape index (κ3) is 31.2. The molecule has 0 aromatic rings. The first-order chi connectivity index (χ1) is 12.7. The second-order valence-corrected chi connectivity index (χ2v) is 7.59. The minimum Gasteiger partial charge on any atom is -0.481 e. The lowest BCUT2D eigenvalue weighted by atomic mass is 10.0. The summed E-state index contributed by atoms with van der Waals surface area (Å²) < 4.78 is 0. The van der Waals surface area contributed by atoms with Crippen molar-refractivity contribution >= 4 is 5.97 Å². The van der Waals surface area contributed by atoms with Crippen LogP contribution in [-0.4, -0.2) is 17.6 Å². The molecule has 3 nitrogen and oxygen atoms in total. The van der Waals surface area contributed by atoms with Crippen LogP contribution < -0.4 is 5.73 Å². The Balaban J connectivity index is 0. The van der Waals surface area contributed by atoms with Crippen LogP contribution in [0.25, 0.3) is 0 Å². The van der Waals surface area contributed by atoms with Gasteiger partial charge in [-0.25, -0.2) is 0 Å². The molecule has 3 N–H and O–H groups in total. The van der Waals surface area contributed by atoms with Crippen LogP contribution in [0.5, 0.6) is 0 Å². The van der Waals surface area contributed by atoms with Gasteiger partial charge in [-0.1, -0.05) is 117 Å². The molecule has 0 atom stereocenters. The zero-order valence-corrected chi connectivity index (χ0v) is 18.1. The lowest BCUT2D eigenvalue weighted by Gasteiger charge is -2.03. The highest BCUT2D eigenvalue weighted by Gasteiger charge is 1.97. The molecule has 0 bridgehead atoms. The second-order valence-electron chi connectivity index (χ2n) is 7.59. The highest BCUT2D eigenvalue weighted by Crippen LogP contribution is 2.13. The number of nitrogens with two attached hydrogens (primary N) is 1. The Kier molecular flexibility index (Phi) is 28.3. The summed E-state index contributed by atoms with van der Waals surface area (Å²) in [5, 5.41) is 8.52. The first-order valence-corrected chi connectivity index (χ1v) is 11.6. The molecule has 0 heterocycles. The summed E-state index contributed by atoms with van der Waals surface area (Å²) in [7, 11) is 0. The van der Waals surface area contributed by atoms with Crippen LogP contribution in [0.2, 0.25) is 0 Å². The Bertz CT molecular complexity index is 253. The monoisotopic (exact) mass is 371 g/mol. The lowest BCUT2D eigenvalue weighted by Crippen LogP contribution is -1.96. The van der Waals surface area contributed by atoms with Crippen LogP contribution >= 0.6 is 0 Å². The summed E-state index contributed by atoms with van der Waals surface area (Å²) >= 11 is 0. The summed E-state index contributed by atoms with van der Waals surface area (Å²) in [5.41, 5.74) is 5.21. The Morgan fingerprint density at radius 2 is 0.885 bits per heavy atom. The third-order valence-corrected chi connectivity index (χ3v) is 4.80. The van der Waals surface area contributed by atoms with Gasteiger partial charge in [-0.05, 0) is 19.4 Å². The van der Waals surface area contributed by atoms with Gasteiger partial charge in [-0.2, -0.15) is 0 Å². The van der Waals surface area contributed by atoms with Gasteiger partial charge in [0.2, 0.25) is 0 Å². The van der Waals surface area contributed by atoms with E-state index in [2.05, 4.69) is 13.8 Å². The number of carboxylic acids is 1. The molecule has 0 amide bonds. The molecule has 0 rings (SSSR count). The van der Waals surface area contributed by atoms with Crippen molar-refractivity contribution in [2.75, 3.05) is 6.54 Å². The van der Waals surface area contributed by atoms with E-state index in [-0.39, 0.29) is 0 Å². The quantitative estimate of drug-likeness (QED) is 0.231. The maximum absolute atomic E-state index is 10.3. The first-order valence-electron chi connectivity index (χ1n) is 11.6. The van der Waals surface area contributed by atoms with E-state index in [1.165, 1.54) is 103 Å². The molecule has 0 saturated heterocycles. The van der Waals surface area contributed by atoms with Gasteiger partial charge in [-0.15, -0.1) is 0 Å². The molecule has 0 aromatic heterocycles. The van der Waals surface area contributed by atoms with Crippen molar-refractivity contribution in [2.45, 2.75) is 136 Å². The van der Waals surface area contributed by atoms with E-state index in [1.807, 2.05) is 0 Å². The Morgan fingerprint density at radius 1 is 0.577 bits per heavy atom. The predicted octanol–water partition coefficient (Wildman–Crippen LogP) is 7.47. The summed E-state index contributed by atoms with van der Waals surface area (Å²) in [6, 6.07) is 0. The fourth-order valence-electron chi connectivity index (χ4n) is 3.04. The molecule has 0 spiro atoms. The summed E-state index contributed by atoms with van der Waals surface area (Å²) in [5.74, 6) is -0.653. The molecule has 26 heavy (non-hydrogen) atoms. The largest absolute Gasteiger partial charge is 0.481 e. The Hall–Kier alpha value is -0.570. The molecule has 0 aliphatic heterocycles. The number of carboxylic acid groups (broad SMARTS) is 1. The molecule has 0 saturated carbocycles. The average Bonchev–Trinajstić information content (AvgIpc) is 2.63. The molecule has 0 aromatic carbocycles. The first kappa shape index (κ1) is 27.6. The number of hydrogen-bond acceptors (Lipinski definition) is 2.